The minimum absolute atomic E-state index is 0.199. The maximum absolute atomic E-state index is 10.3. The molecule has 0 spiro atoms. The van der Waals surface area contributed by atoms with Gasteiger partial charge in [-0.15, -0.1) is 11.6 Å². The Morgan fingerprint density at radius 1 is 1.67 bits per heavy atom. The Morgan fingerprint density at radius 2 is 2.33 bits per heavy atom. The van der Waals surface area contributed by atoms with Crippen molar-refractivity contribution in [2.75, 3.05) is 5.88 Å². The van der Waals surface area contributed by atoms with Gasteiger partial charge in [0, 0.05) is 0 Å². The van der Waals surface area contributed by atoms with Crippen molar-refractivity contribution in [3.8, 4) is 0 Å². The van der Waals surface area contributed by atoms with Gasteiger partial charge in [-0.25, -0.2) is 4.79 Å². The highest BCUT2D eigenvalue weighted by atomic mass is 35.5. The van der Waals surface area contributed by atoms with Crippen LogP contribution in [0.15, 0.2) is 0 Å². The molecule has 4 heteroatoms. The Balaban J connectivity index is 2.47. The fraction of sp³-hybridized carbons (Fsp3) is 0.800. The number of carbonyl (C=O) groups is 1. The summed E-state index contributed by atoms with van der Waals surface area (Å²) in [7, 11) is 0. The topological polar surface area (TPSA) is 35.5 Å². The number of alkyl halides is 1. The molecule has 1 aliphatic rings. The van der Waals surface area contributed by atoms with Gasteiger partial charge < -0.3 is 9.47 Å². The SMILES string of the molecule is C[C@H]1OC(=O)O[C@H]1CCl. The lowest BCUT2D eigenvalue weighted by molar-refractivity contribution is 0.118. The van der Waals surface area contributed by atoms with Crippen LogP contribution in [0, 0.1) is 0 Å². The summed E-state index contributed by atoms with van der Waals surface area (Å²) < 4.78 is 9.25. The number of rotatable bonds is 1. The summed E-state index contributed by atoms with van der Waals surface area (Å²) >= 11 is 5.41. The lowest BCUT2D eigenvalue weighted by Gasteiger charge is -2.04. The molecule has 1 heterocycles. The van der Waals surface area contributed by atoms with E-state index in [9.17, 15) is 4.79 Å². The van der Waals surface area contributed by atoms with Crippen LogP contribution in [0.25, 0.3) is 0 Å². The fourth-order valence-electron chi connectivity index (χ4n) is 0.632. The standard InChI is InChI=1S/C5H7ClO3/c1-3-4(2-6)9-5(7)8-3/h3-4H,2H2,1H3/t3-,4+/m1/s1. The molecule has 3 nitrogen and oxygen atoms in total. The highest BCUT2D eigenvalue weighted by molar-refractivity contribution is 6.18. The predicted molar refractivity (Wildman–Crippen MR) is 31.5 cm³/mol. The molecular formula is C5H7ClO3. The molecule has 0 amide bonds. The molecule has 0 saturated carbocycles. The summed E-state index contributed by atoms with van der Waals surface area (Å²) in [4.78, 5) is 10.3. The van der Waals surface area contributed by atoms with E-state index in [1.165, 1.54) is 0 Å². The molecule has 1 saturated heterocycles. The zero-order chi connectivity index (χ0) is 6.85. The Hall–Kier alpha value is -0.440. The van der Waals surface area contributed by atoms with Crippen LogP contribution in [0.2, 0.25) is 0 Å². The van der Waals surface area contributed by atoms with Gasteiger partial charge in [0.2, 0.25) is 0 Å². The van der Waals surface area contributed by atoms with Crippen molar-refractivity contribution in [1.82, 2.24) is 0 Å². The van der Waals surface area contributed by atoms with Gasteiger partial charge in [-0.3, -0.25) is 0 Å². The molecule has 0 radical (unpaired) electrons. The molecule has 0 aromatic carbocycles. The van der Waals surface area contributed by atoms with E-state index in [1.807, 2.05) is 0 Å². The highest BCUT2D eigenvalue weighted by Gasteiger charge is 2.31. The molecule has 0 unspecified atom stereocenters. The second-order valence-electron chi connectivity index (χ2n) is 1.88. The normalized spacial score (nSPS) is 33.8. The molecule has 9 heavy (non-hydrogen) atoms. The van der Waals surface area contributed by atoms with E-state index in [-0.39, 0.29) is 12.2 Å². The molecule has 0 bridgehead atoms. The number of hydrogen-bond acceptors (Lipinski definition) is 3. The van der Waals surface area contributed by atoms with Gasteiger partial charge in [0.15, 0.2) is 6.10 Å². The number of hydrogen-bond donors (Lipinski definition) is 0. The summed E-state index contributed by atoms with van der Waals surface area (Å²) in [5, 5.41) is 0. The molecule has 52 valence electrons. The minimum Gasteiger partial charge on any atom is -0.427 e. The molecule has 0 aliphatic carbocycles. The quantitative estimate of drug-likeness (QED) is 0.416. The largest absolute Gasteiger partial charge is 0.509 e. The molecule has 0 aromatic heterocycles. The van der Waals surface area contributed by atoms with Crippen LogP contribution < -0.4 is 0 Å². The first kappa shape index (κ1) is 6.68. The third-order valence-electron chi connectivity index (χ3n) is 1.21. The van der Waals surface area contributed by atoms with E-state index in [0.29, 0.717) is 5.88 Å². The van der Waals surface area contributed by atoms with Crippen molar-refractivity contribution in [3.05, 3.63) is 0 Å². The maximum atomic E-state index is 10.3. The first-order chi connectivity index (χ1) is 4.24. The van der Waals surface area contributed by atoms with Crippen LogP contribution in [0.4, 0.5) is 4.79 Å². The van der Waals surface area contributed by atoms with E-state index in [2.05, 4.69) is 9.47 Å². The summed E-state index contributed by atoms with van der Waals surface area (Å²) in [6.07, 6.45) is -1.08. The average Bonchev–Trinajstić information content (AvgIpc) is 2.10. The van der Waals surface area contributed by atoms with Crippen LogP contribution in [-0.4, -0.2) is 24.2 Å². The van der Waals surface area contributed by atoms with E-state index in [4.69, 9.17) is 11.6 Å². The van der Waals surface area contributed by atoms with Crippen LogP contribution in [0.1, 0.15) is 6.92 Å². The van der Waals surface area contributed by atoms with Crippen molar-refractivity contribution in [3.63, 3.8) is 0 Å². The predicted octanol–water partition coefficient (Wildman–Crippen LogP) is 1.15. The van der Waals surface area contributed by atoms with E-state index in [0.717, 1.165) is 0 Å². The van der Waals surface area contributed by atoms with Crippen LogP contribution in [-0.2, 0) is 9.47 Å². The van der Waals surface area contributed by atoms with E-state index < -0.39 is 6.16 Å². The summed E-state index contributed by atoms with van der Waals surface area (Å²) in [6.45, 7) is 1.75. The Morgan fingerprint density at radius 3 is 2.56 bits per heavy atom. The minimum atomic E-state index is -0.617. The third-order valence-corrected chi connectivity index (χ3v) is 1.51. The van der Waals surface area contributed by atoms with Crippen LogP contribution in [0.5, 0.6) is 0 Å². The number of carbonyl (C=O) groups excluding carboxylic acids is 1. The maximum Gasteiger partial charge on any atom is 0.509 e. The monoisotopic (exact) mass is 150 g/mol. The van der Waals surface area contributed by atoms with Gasteiger partial charge in [0.25, 0.3) is 0 Å². The van der Waals surface area contributed by atoms with Crippen molar-refractivity contribution in [1.29, 1.82) is 0 Å². The molecular weight excluding hydrogens is 144 g/mol. The van der Waals surface area contributed by atoms with Gasteiger partial charge in [0.1, 0.15) is 6.10 Å². The Kier molecular flexibility index (Phi) is 1.81. The molecule has 0 N–H and O–H groups in total. The van der Waals surface area contributed by atoms with Crippen molar-refractivity contribution >= 4 is 17.8 Å². The molecule has 2 atom stereocenters. The van der Waals surface area contributed by atoms with Gasteiger partial charge in [-0.2, -0.15) is 0 Å². The van der Waals surface area contributed by atoms with Gasteiger partial charge in [-0.1, -0.05) is 0 Å². The van der Waals surface area contributed by atoms with Gasteiger partial charge >= 0.3 is 6.16 Å². The van der Waals surface area contributed by atoms with Crippen molar-refractivity contribution in [2.24, 2.45) is 0 Å². The number of ether oxygens (including phenoxy) is 2. The highest BCUT2D eigenvalue weighted by Crippen LogP contribution is 2.14. The fourth-order valence-corrected chi connectivity index (χ4v) is 0.946. The van der Waals surface area contributed by atoms with Gasteiger partial charge in [-0.05, 0) is 6.92 Å². The zero-order valence-electron chi connectivity index (χ0n) is 4.96. The smallest absolute Gasteiger partial charge is 0.427 e. The molecule has 1 aliphatic heterocycles. The van der Waals surface area contributed by atoms with E-state index >= 15 is 0 Å². The average molecular weight is 151 g/mol. The summed E-state index contributed by atoms with van der Waals surface area (Å²) in [5.74, 6) is 0.299. The summed E-state index contributed by atoms with van der Waals surface area (Å²) in [6, 6.07) is 0. The summed E-state index contributed by atoms with van der Waals surface area (Å²) in [5.41, 5.74) is 0. The zero-order valence-corrected chi connectivity index (χ0v) is 5.72. The Labute approximate surface area is 57.9 Å². The second-order valence-corrected chi connectivity index (χ2v) is 2.19. The lowest BCUT2D eigenvalue weighted by Crippen LogP contribution is -2.20. The second kappa shape index (κ2) is 2.43. The lowest BCUT2D eigenvalue weighted by atomic mass is 10.3. The third kappa shape index (κ3) is 1.27. The van der Waals surface area contributed by atoms with Crippen molar-refractivity contribution < 1.29 is 14.3 Å². The molecule has 0 aromatic rings. The first-order valence-corrected chi connectivity index (χ1v) is 3.20. The van der Waals surface area contributed by atoms with Crippen LogP contribution >= 0.6 is 11.6 Å². The van der Waals surface area contributed by atoms with E-state index in [1.54, 1.807) is 6.92 Å². The van der Waals surface area contributed by atoms with Crippen LogP contribution in [0.3, 0.4) is 0 Å². The molecule has 1 rings (SSSR count). The first-order valence-electron chi connectivity index (χ1n) is 2.67. The van der Waals surface area contributed by atoms with Crippen molar-refractivity contribution in [2.45, 2.75) is 19.1 Å². The number of cyclic esters (lactones) is 2. The van der Waals surface area contributed by atoms with Gasteiger partial charge in [0.05, 0.1) is 5.88 Å². The molecule has 1 fully saturated rings. The number of halogens is 1. The Bertz CT molecular complexity index is 125.